The number of aromatic nitrogens is 1. The number of benzene rings is 1. The van der Waals surface area contributed by atoms with Crippen LogP contribution in [0.25, 0.3) is 0 Å². The van der Waals surface area contributed by atoms with E-state index in [1.807, 2.05) is 23.1 Å². The highest BCUT2D eigenvalue weighted by Crippen LogP contribution is 2.28. The smallest absolute Gasteiger partial charge is 0.253 e. The molecule has 0 aliphatic carbocycles. The van der Waals surface area contributed by atoms with Crippen molar-refractivity contribution >= 4 is 5.91 Å². The van der Waals surface area contributed by atoms with Gasteiger partial charge in [0.15, 0.2) is 0 Å². The number of amides is 1. The van der Waals surface area contributed by atoms with Crippen LogP contribution in [0.5, 0.6) is 0 Å². The van der Waals surface area contributed by atoms with Crippen molar-refractivity contribution in [2.45, 2.75) is 38.5 Å². The van der Waals surface area contributed by atoms with Gasteiger partial charge in [-0.15, -0.1) is 0 Å². The quantitative estimate of drug-likeness (QED) is 0.848. The van der Waals surface area contributed by atoms with E-state index in [0.29, 0.717) is 5.92 Å². The third kappa shape index (κ3) is 4.78. The second kappa shape index (κ2) is 8.95. The van der Waals surface area contributed by atoms with Gasteiger partial charge in [-0.3, -0.25) is 9.59 Å². The van der Waals surface area contributed by atoms with Crippen LogP contribution in [0.2, 0.25) is 0 Å². The monoisotopic (exact) mass is 393 g/mol. The van der Waals surface area contributed by atoms with Crippen LogP contribution < -0.4 is 5.56 Å². The van der Waals surface area contributed by atoms with Crippen LogP contribution in [0.3, 0.4) is 0 Å². The summed E-state index contributed by atoms with van der Waals surface area (Å²) in [5.41, 5.74) is 3.14. The van der Waals surface area contributed by atoms with E-state index < -0.39 is 0 Å². The lowest BCUT2D eigenvalue weighted by atomic mass is 9.90. The molecule has 1 aromatic heterocycles. The standard InChI is InChI=1S/C24H31N3O2/c1-2-26-12-8-19(17-26)15-18-3-5-21(6-4-18)24(29)27-13-9-20(10-14-27)22-7-11-25-23(28)16-22/h3-7,11,16,19-20H,2,8-10,12-15,17H2,1H3,(H,25,28). The largest absolute Gasteiger partial charge is 0.339 e. The molecule has 0 saturated carbocycles. The van der Waals surface area contributed by atoms with E-state index in [4.69, 9.17) is 0 Å². The van der Waals surface area contributed by atoms with Crippen molar-refractivity contribution in [3.05, 3.63) is 69.6 Å². The van der Waals surface area contributed by atoms with E-state index in [0.717, 1.165) is 55.9 Å². The number of hydrogen-bond acceptors (Lipinski definition) is 3. The van der Waals surface area contributed by atoms with Gasteiger partial charge in [0.1, 0.15) is 0 Å². The van der Waals surface area contributed by atoms with Crippen LogP contribution in [0.4, 0.5) is 0 Å². The minimum Gasteiger partial charge on any atom is -0.339 e. The Bertz CT molecular complexity index is 881. The van der Waals surface area contributed by atoms with Gasteiger partial charge in [0.2, 0.25) is 5.56 Å². The van der Waals surface area contributed by atoms with Gasteiger partial charge in [0.05, 0.1) is 0 Å². The first-order valence-electron chi connectivity index (χ1n) is 10.9. The summed E-state index contributed by atoms with van der Waals surface area (Å²) in [5, 5.41) is 0. The Hall–Kier alpha value is -2.40. The summed E-state index contributed by atoms with van der Waals surface area (Å²) in [4.78, 5) is 31.6. The number of carbonyl (C=O) groups excluding carboxylic acids is 1. The molecule has 5 heteroatoms. The fourth-order valence-electron chi connectivity index (χ4n) is 4.80. The molecule has 154 valence electrons. The van der Waals surface area contributed by atoms with Gasteiger partial charge in [0.25, 0.3) is 5.91 Å². The van der Waals surface area contributed by atoms with E-state index in [1.165, 1.54) is 25.1 Å². The Kier molecular flexibility index (Phi) is 6.14. The van der Waals surface area contributed by atoms with Gasteiger partial charge in [-0.2, -0.15) is 0 Å². The summed E-state index contributed by atoms with van der Waals surface area (Å²) in [6.07, 6.45) is 5.90. The molecule has 1 unspecified atom stereocenters. The highest BCUT2D eigenvalue weighted by Gasteiger charge is 2.25. The number of likely N-dealkylation sites (tertiary alicyclic amines) is 2. The summed E-state index contributed by atoms with van der Waals surface area (Å²) in [6, 6.07) is 11.9. The zero-order chi connectivity index (χ0) is 20.2. The van der Waals surface area contributed by atoms with Gasteiger partial charge in [-0.05, 0) is 79.9 Å². The number of rotatable bonds is 5. The van der Waals surface area contributed by atoms with Crippen molar-refractivity contribution in [2.75, 3.05) is 32.7 Å². The van der Waals surface area contributed by atoms with E-state index >= 15 is 0 Å². The number of pyridine rings is 1. The molecular weight excluding hydrogens is 362 g/mol. The first-order valence-corrected chi connectivity index (χ1v) is 10.9. The molecule has 5 nitrogen and oxygen atoms in total. The number of H-pyrrole nitrogens is 1. The molecule has 29 heavy (non-hydrogen) atoms. The second-order valence-corrected chi connectivity index (χ2v) is 8.50. The van der Waals surface area contributed by atoms with Gasteiger partial charge < -0.3 is 14.8 Å². The zero-order valence-corrected chi connectivity index (χ0v) is 17.3. The maximum absolute atomic E-state index is 12.9. The molecule has 2 aliphatic heterocycles. The third-order valence-electron chi connectivity index (χ3n) is 6.60. The van der Waals surface area contributed by atoms with Crippen LogP contribution in [0, 0.1) is 5.92 Å². The predicted octanol–water partition coefficient (Wildman–Crippen LogP) is 3.28. The summed E-state index contributed by atoms with van der Waals surface area (Å²) >= 11 is 0. The first-order chi connectivity index (χ1) is 14.1. The Labute approximate surface area is 172 Å². The molecule has 0 radical (unpaired) electrons. The molecule has 2 aromatic rings. The fourth-order valence-corrected chi connectivity index (χ4v) is 4.80. The Balaban J connectivity index is 1.31. The van der Waals surface area contributed by atoms with E-state index in [2.05, 4.69) is 28.9 Å². The third-order valence-corrected chi connectivity index (χ3v) is 6.60. The van der Waals surface area contributed by atoms with Gasteiger partial charge in [0, 0.05) is 37.5 Å². The van der Waals surface area contributed by atoms with Crippen LogP contribution in [0.15, 0.2) is 47.4 Å². The molecule has 2 saturated heterocycles. The highest BCUT2D eigenvalue weighted by atomic mass is 16.2. The van der Waals surface area contributed by atoms with Crippen LogP contribution in [-0.4, -0.2) is 53.4 Å². The summed E-state index contributed by atoms with van der Waals surface area (Å²) in [7, 11) is 0. The molecule has 2 fully saturated rings. The highest BCUT2D eigenvalue weighted by molar-refractivity contribution is 5.94. The summed E-state index contributed by atoms with van der Waals surface area (Å²) in [5.74, 6) is 1.22. The van der Waals surface area contributed by atoms with Crippen molar-refractivity contribution in [3.63, 3.8) is 0 Å². The summed E-state index contributed by atoms with van der Waals surface area (Å²) in [6.45, 7) is 7.26. The maximum atomic E-state index is 12.9. The normalized spacial score (nSPS) is 20.9. The van der Waals surface area contributed by atoms with Crippen LogP contribution >= 0.6 is 0 Å². The Morgan fingerprint density at radius 1 is 1.07 bits per heavy atom. The van der Waals surface area contributed by atoms with E-state index in [1.54, 1.807) is 12.3 Å². The number of piperidine rings is 1. The molecule has 1 N–H and O–H groups in total. The van der Waals surface area contributed by atoms with Crippen molar-refractivity contribution in [3.8, 4) is 0 Å². The molecule has 3 heterocycles. The first kappa shape index (κ1) is 19.9. The lowest BCUT2D eigenvalue weighted by Crippen LogP contribution is -2.38. The predicted molar refractivity (Wildman–Crippen MR) is 115 cm³/mol. The van der Waals surface area contributed by atoms with Gasteiger partial charge in [-0.25, -0.2) is 0 Å². The van der Waals surface area contributed by atoms with Crippen molar-refractivity contribution in [2.24, 2.45) is 5.92 Å². The van der Waals surface area contributed by atoms with E-state index in [9.17, 15) is 9.59 Å². The number of nitrogens with one attached hydrogen (secondary N) is 1. The molecule has 0 bridgehead atoms. The molecule has 1 aromatic carbocycles. The van der Waals surface area contributed by atoms with Crippen LogP contribution in [0.1, 0.15) is 53.6 Å². The lowest BCUT2D eigenvalue weighted by Gasteiger charge is -2.32. The maximum Gasteiger partial charge on any atom is 0.253 e. The average molecular weight is 394 g/mol. The second-order valence-electron chi connectivity index (χ2n) is 8.50. The zero-order valence-electron chi connectivity index (χ0n) is 17.3. The molecule has 2 aliphatic rings. The average Bonchev–Trinajstić information content (AvgIpc) is 3.21. The molecular formula is C24H31N3O2. The number of carbonyl (C=O) groups is 1. The molecule has 0 spiro atoms. The number of hydrogen-bond donors (Lipinski definition) is 1. The van der Waals surface area contributed by atoms with Crippen molar-refractivity contribution in [1.29, 1.82) is 0 Å². The SMILES string of the molecule is CCN1CCC(Cc2ccc(C(=O)N3CCC(c4cc[nH]c(=O)c4)CC3)cc2)C1. The number of aromatic amines is 1. The van der Waals surface area contributed by atoms with E-state index in [-0.39, 0.29) is 11.5 Å². The lowest BCUT2D eigenvalue weighted by molar-refractivity contribution is 0.0713. The Morgan fingerprint density at radius 3 is 2.48 bits per heavy atom. The topological polar surface area (TPSA) is 56.4 Å². The Morgan fingerprint density at radius 2 is 1.83 bits per heavy atom. The number of nitrogens with zero attached hydrogens (tertiary/aromatic N) is 2. The molecule has 1 atom stereocenters. The minimum atomic E-state index is -0.0545. The molecule has 4 rings (SSSR count). The summed E-state index contributed by atoms with van der Waals surface area (Å²) < 4.78 is 0. The van der Waals surface area contributed by atoms with Crippen molar-refractivity contribution < 1.29 is 4.79 Å². The van der Waals surface area contributed by atoms with Gasteiger partial charge >= 0.3 is 0 Å². The molecule has 1 amide bonds. The fraction of sp³-hybridized carbons (Fsp3) is 0.500. The van der Waals surface area contributed by atoms with Crippen LogP contribution in [-0.2, 0) is 6.42 Å². The minimum absolute atomic E-state index is 0.0545. The van der Waals surface area contributed by atoms with Gasteiger partial charge in [-0.1, -0.05) is 19.1 Å². The van der Waals surface area contributed by atoms with Crippen molar-refractivity contribution in [1.82, 2.24) is 14.8 Å².